The van der Waals surface area contributed by atoms with Gasteiger partial charge in [0.1, 0.15) is 5.82 Å². The quantitative estimate of drug-likeness (QED) is 0.362. The second-order valence-corrected chi connectivity index (χ2v) is 12.0. The molecule has 5 rings (SSSR count). The van der Waals surface area contributed by atoms with E-state index in [0.29, 0.717) is 35.9 Å². The van der Waals surface area contributed by atoms with Crippen LogP contribution in [0, 0.1) is 29.0 Å². The fourth-order valence-electron chi connectivity index (χ4n) is 6.57. The minimum atomic E-state index is -0.326. The van der Waals surface area contributed by atoms with Crippen LogP contribution >= 0.6 is 0 Å². The van der Waals surface area contributed by atoms with Gasteiger partial charge in [0.25, 0.3) is 5.91 Å². The van der Waals surface area contributed by atoms with Crippen molar-refractivity contribution in [2.75, 3.05) is 45.8 Å². The standard InChI is InChI=1S/C31H46FN3O2/c1-5-7-8-23(6-2)29(36)34-18-15-33(16-19-34)17-20-35(30(37)24-10-13-27(32)14-11-24)22-25-9-12-26-21-28(25)31(26,3)4/h9-11,13-14,23,26,28H,5-8,12,15-22H2,1-4H3. The number of halogens is 1. The van der Waals surface area contributed by atoms with Crippen molar-refractivity contribution in [3.8, 4) is 0 Å². The lowest BCUT2D eigenvalue weighted by molar-refractivity contribution is -0.137. The van der Waals surface area contributed by atoms with E-state index in [4.69, 9.17) is 0 Å². The van der Waals surface area contributed by atoms with Gasteiger partial charge in [0.15, 0.2) is 0 Å². The Labute approximate surface area is 223 Å². The molecule has 0 spiro atoms. The zero-order valence-electron chi connectivity index (χ0n) is 23.3. The fourth-order valence-corrected chi connectivity index (χ4v) is 6.57. The van der Waals surface area contributed by atoms with Crippen LogP contribution in [-0.2, 0) is 4.79 Å². The van der Waals surface area contributed by atoms with Crippen LogP contribution in [0.1, 0.15) is 76.6 Å². The molecule has 3 aliphatic carbocycles. The molecule has 6 heteroatoms. The van der Waals surface area contributed by atoms with Crippen LogP contribution in [0.2, 0.25) is 0 Å². The van der Waals surface area contributed by atoms with E-state index in [1.165, 1.54) is 24.1 Å². The first-order valence-electron chi connectivity index (χ1n) is 14.5. The van der Waals surface area contributed by atoms with Crippen molar-refractivity contribution in [3.05, 3.63) is 47.3 Å². The highest BCUT2D eigenvalue weighted by Gasteiger charge is 2.51. The van der Waals surface area contributed by atoms with Gasteiger partial charge in [-0.1, -0.05) is 52.2 Å². The normalized spacial score (nSPS) is 23.7. The summed E-state index contributed by atoms with van der Waals surface area (Å²) in [5.41, 5.74) is 2.23. The number of carbonyl (C=O) groups is 2. The van der Waals surface area contributed by atoms with Crippen molar-refractivity contribution in [1.29, 1.82) is 0 Å². The van der Waals surface area contributed by atoms with Crippen LogP contribution in [-0.4, -0.2) is 72.3 Å². The van der Waals surface area contributed by atoms with E-state index in [-0.39, 0.29) is 17.6 Å². The van der Waals surface area contributed by atoms with Gasteiger partial charge in [-0.25, -0.2) is 4.39 Å². The first-order chi connectivity index (χ1) is 17.7. The Bertz CT molecular complexity index is 965. The summed E-state index contributed by atoms with van der Waals surface area (Å²) < 4.78 is 13.5. The highest BCUT2D eigenvalue weighted by Crippen LogP contribution is 2.59. The largest absolute Gasteiger partial charge is 0.340 e. The summed E-state index contributed by atoms with van der Waals surface area (Å²) in [5.74, 6) is 1.41. The molecule has 0 aromatic heterocycles. The lowest BCUT2D eigenvalue weighted by atomic mass is 9.49. The molecule has 1 aliphatic heterocycles. The number of hydrogen-bond acceptors (Lipinski definition) is 3. The molecule has 204 valence electrons. The summed E-state index contributed by atoms with van der Waals surface area (Å²) in [6.45, 7) is 14.3. The first-order valence-corrected chi connectivity index (χ1v) is 14.5. The lowest BCUT2D eigenvalue weighted by Crippen LogP contribution is -2.53. The number of nitrogens with zero attached hydrogens (tertiary/aromatic N) is 3. The molecule has 4 aliphatic rings. The molecule has 3 unspecified atom stereocenters. The Kier molecular flexibility index (Phi) is 9.10. The number of piperazine rings is 1. The SMILES string of the molecule is CCCCC(CC)C(=O)N1CCN(CCN(CC2=CCC3CC2C3(C)C)C(=O)c2ccc(F)cc2)CC1. The van der Waals surface area contributed by atoms with Crippen molar-refractivity contribution < 1.29 is 14.0 Å². The van der Waals surface area contributed by atoms with E-state index >= 15 is 0 Å². The Morgan fingerprint density at radius 3 is 2.41 bits per heavy atom. The van der Waals surface area contributed by atoms with Crippen LogP contribution < -0.4 is 0 Å². The topological polar surface area (TPSA) is 43.9 Å². The number of allylic oxidation sites excluding steroid dienone is 1. The first kappa shape index (κ1) is 27.8. The molecule has 2 fully saturated rings. The van der Waals surface area contributed by atoms with Crippen LogP contribution in [0.5, 0.6) is 0 Å². The molecule has 0 N–H and O–H groups in total. The Morgan fingerprint density at radius 1 is 1.11 bits per heavy atom. The molecule has 3 atom stereocenters. The second kappa shape index (κ2) is 12.1. The summed E-state index contributed by atoms with van der Waals surface area (Å²) >= 11 is 0. The molecule has 1 aromatic carbocycles. The summed E-state index contributed by atoms with van der Waals surface area (Å²) in [6, 6.07) is 5.92. The minimum Gasteiger partial charge on any atom is -0.340 e. The van der Waals surface area contributed by atoms with Crippen LogP contribution in [0.3, 0.4) is 0 Å². The smallest absolute Gasteiger partial charge is 0.254 e. The van der Waals surface area contributed by atoms with Gasteiger partial charge in [0, 0.05) is 57.3 Å². The van der Waals surface area contributed by atoms with Gasteiger partial charge in [-0.15, -0.1) is 0 Å². The van der Waals surface area contributed by atoms with Crippen molar-refractivity contribution in [2.24, 2.45) is 23.2 Å². The van der Waals surface area contributed by atoms with Crippen molar-refractivity contribution in [3.63, 3.8) is 0 Å². The van der Waals surface area contributed by atoms with Gasteiger partial charge in [0.2, 0.25) is 5.91 Å². The number of carbonyl (C=O) groups excluding carboxylic acids is 2. The third-order valence-electron chi connectivity index (χ3n) is 9.45. The van der Waals surface area contributed by atoms with E-state index < -0.39 is 0 Å². The maximum absolute atomic E-state index is 13.5. The predicted octanol–water partition coefficient (Wildman–Crippen LogP) is 5.62. The Balaban J connectivity index is 1.36. The molecule has 0 radical (unpaired) electrons. The minimum absolute atomic E-state index is 0.0318. The highest BCUT2D eigenvalue weighted by molar-refractivity contribution is 5.94. The molecular formula is C31H46FN3O2. The maximum atomic E-state index is 13.5. The van der Waals surface area contributed by atoms with E-state index in [2.05, 4.69) is 38.7 Å². The summed E-state index contributed by atoms with van der Waals surface area (Å²) in [5, 5.41) is 0. The number of rotatable bonds is 11. The fraction of sp³-hybridized carbons (Fsp3) is 0.677. The van der Waals surface area contributed by atoms with Crippen LogP contribution in [0.25, 0.3) is 0 Å². The molecule has 37 heavy (non-hydrogen) atoms. The molecule has 5 nitrogen and oxygen atoms in total. The Morgan fingerprint density at radius 2 is 1.81 bits per heavy atom. The average Bonchev–Trinajstić information content (AvgIpc) is 2.91. The van der Waals surface area contributed by atoms with Crippen molar-refractivity contribution in [1.82, 2.24) is 14.7 Å². The van der Waals surface area contributed by atoms with Crippen molar-refractivity contribution >= 4 is 11.8 Å². The molecule has 1 heterocycles. The third-order valence-corrected chi connectivity index (χ3v) is 9.45. The molecular weight excluding hydrogens is 465 g/mol. The van der Waals surface area contributed by atoms with Gasteiger partial charge < -0.3 is 9.80 Å². The maximum Gasteiger partial charge on any atom is 0.254 e. The van der Waals surface area contributed by atoms with Crippen LogP contribution in [0.15, 0.2) is 35.9 Å². The van der Waals surface area contributed by atoms with E-state index in [9.17, 15) is 14.0 Å². The zero-order valence-corrected chi connectivity index (χ0v) is 23.3. The number of hydrogen-bond donors (Lipinski definition) is 0. The van der Waals surface area contributed by atoms with Gasteiger partial charge in [-0.05, 0) is 67.2 Å². The molecule has 1 saturated carbocycles. The monoisotopic (exact) mass is 511 g/mol. The zero-order chi connectivity index (χ0) is 26.6. The lowest BCUT2D eigenvalue weighted by Gasteiger charge is -2.57. The predicted molar refractivity (Wildman–Crippen MR) is 147 cm³/mol. The summed E-state index contributed by atoms with van der Waals surface area (Å²) in [6.07, 6.45) is 8.82. The van der Waals surface area contributed by atoms with Crippen LogP contribution in [0.4, 0.5) is 4.39 Å². The van der Waals surface area contributed by atoms with Gasteiger partial charge in [-0.2, -0.15) is 0 Å². The number of amides is 2. The molecule has 2 amide bonds. The molecule has 1 aromatic rings. The third kappa shape index (κ3) is 6.27. The van der Waals surface area contributed by atoms with Gasteiger partial charge in [-0.3, -0.25) is 14.5 Å². The highest BCUT2D eigenvalue weighted by atomic mass is 19.1. The number of unbranched alkanes of at least 4 members (excludes halogenated alkanes) is 1. The Hall–Kier alpha value is -2.21. The van der Waals surface area contributed by atoms with E-state index in [0.717, 1.165) is 70.7 Å². The molecule has 1 saturated heterocycles. The van der Waals surface area contributed by atoms with Crippen molar-refractivity contribution in [2.45, 2.75) is 66.2 Å². The summed E-state index contributed by atoms with van der Waals surface area (Å²) in [7, 11) is 0. The number of benzene rings is 1. The van der Waals surface area contributed by atoms with Gasteiger partial charge >= 0.3 is 0 Å². The average molecular weight is 512 g/mol. The molecule has 2 bridgehead atoms. The van der Waals surface area contributed by atoms with Gasteiger partial charge in [0.05, 0.1) is 0 Å². The summed E-state index contributed by atoms with van der Waals surface area (Å²) in [4.78, 5) is 32.9. The van der Waals surface area contributed by atoms with E-state index in [1.807, 2.05) is 9.80 Å². The van der Waals surface area contributed by atoms with E-state index in [1.54, 1.807) is 12.1 Å². The number of fused-ring (bicyclic) bond motifs is 1. The second-order valence-electron chi connectivity index (χ2n) is 12.0.